The normalized spacial score (nSPS) is 13.4. The molecule has 0 unspecified atom stereocenters. The highest BCUT2D eigenvalue weighted by Gasteiger charge is 2.43. The number of halogens is 2. The second-order valence-corrected chi connectivity index (χ2v) is 7.46. The number of fused-ring (bicyclic) bond motifs is 2. The number of furan rings is 1. The van der Waals surface area contributed by atoms with Crippen LogP contribution >= 0.6 is 0 Å². The van der Waals surface area contributed by atoms with Gasteiger partial charge >= 0.3 is 12.3 Å². The second kappa shape index (κ2) is 8.98. The summed E-state index contributed by atoms with van der Waals surface area (Å²) >= 11 is 0. The number of hydrogen-bond acceptors (Lipinski definition) is 7. The van der Waals surface area contributed by atoms with Gasteiger partial charge in [0.1, 0.15) is 17.9 Å². The Hall–Kier alpha value is -4.60. The van der Waals surface area contributed by atoms with E-state index in [0.717, 1.165) is 0 Å². The third-order valence-corrected chi connectivity index (χ3v) is 5.03. The quantitative estimate of drug-likeness (QED) is 0.366. The molecule has 4 aromatic rings. The van der Waals surface area contributed by atoms with Crippen molar-refractivity contribution in [2.75, 3.05) is 11.9 Å². The van der Waals surface area contributed by atoms with E-state index in [1.807, 2.05) is 18.2 Å². The van der Waals surface area contributed by atoms with E-state index in [1.165, 1.54) is 18.2 Å². The van der Waals surface area contributed by atoms with Crippen LogP contribution in [0.3, 0.4) is 0 Å². The van der Waals surface area contributed by atoms with Crippen LogP contribution in [0.1, 0.15) is 16.1 Å². The van der Waals surface area contributed by atoms with E-state index >= 15 is 0 Å². The number of rotatable bonds is 7. The van der Waals surface area contributed by atoms with E-state index in [9.17, 15) is 18.4 Å². The molecular weight excluding hydrogens is 464 g/mol. The number of carbonyl (C=O) groups is 2. The molecule has 0 spiro atoms. The third kappa shape index (κ3) is 4.86. The fourth-order valence-corrected chi connectivity index (χ4v) is 3.50. The van der Waals surface area contributed by atoms with Gasteiger partial charge in [-0.05, 0) is 30.3 Å². The van der Waals surface area contributed by atoms with Crippen LogP contribution in [0.2, 0.25) is 0 Å². The zero-order valence-corrected chi connectivity index (χ0v) is 18.0. The molecule has 1 aliphatic heterocycles. The summed E-state index contributed by atoms with van der Waals surface area (Å²) in [5, 5.41) is 3.12. The van der Waals surface area contributed by atoms with Gasteiger partial charge in [-0.25, -0.2) is 4.79 Å². The molecule has 2 heterocycles. The minimum Gasteiger partial charge on any atom is -0.489 e. The Morgan fingerprint density at radius 2 is 1.66 bits per heavy atom. The fraction of sp³-hybridized carbons (Fsp3) is 0.120. The number of alkyl halides is 2. The van der Waals surface area contributed by atoms with Crippen LogP contribution in [0, 0.1) is 0 Å². The van der Waals surface area contributed by atoms with Gasteiger partial charge in [0, 0.05) is 17.1 Å². The van der Waals surface area contributed by atoms with Crippen molar-refractivity contribution in [2.45, 2.75) is 12.9 Å². The van der Waals surface area contributed by atoms with Crippen molar-refractivity contribution in [2.24, 2.45) is 0 Å². The number of para-hydroxylation sites is 2. The maximum absolute atomic E-state index is 13.2. The van der Waals surface area contributed by atoms with Gasteiger partial charge in [-0.3, -0.25) is 4.79 Å². The topological polar surface area (TPSA) is 96.2 Å². The van der Waals surface area contributed by atoms with Crippen LogP contribution in [0.5, 0.6) is 17.2 Å². The van der Waals surface area contributed by atoms with E-state index in [-0.39, 0.29) is 29.6 Å². The molecule has 5 rings (SSSR count). The minimum absolute atomic E-state index is 0.0412. The Labute approximate surface area is 196 Å². The van der Waals surface area contributed by atoms with E-state index in [4.69, 9.17) is 13.9 Å². The number of nitrogens with one attached hydrogen (secondary N) is 1. The lowest BCUT2D eigenvalue weighted by Crippen LogP contribution is -2.25. The summed E-state index contributed by atoms with van der Waals surface area (Å²) in [6.45, 7) is -0.598. The van der Waals surface area contributed by atoms with Gasteiger partial charge in [0.15, 0.2) is 18.1 Å². The van der Waals surface area contributed by atoms with Crippen LogP contribution < -0.4 is 19.5 Å². The molecule has 0 fully saturated rings. The number of hydrogen-bond donors (Lipinski definition) is 1. The summed E-state index contributed by atoms with van der Waals surface area (Å²) in [5.41, 5.74) is 1.10. The van der Waals surface area contributed by atoms with Gasteiger partial charge in [-0.2, -0.15) is 0 Å². The van der Waals surface area contributed by atoms with Gasteiger partial charge in [-0.15, -0.1) is 8.78 Å². The predicted octanol–water partition coefficient (Wildman–Crippen LogP) is 5.13. The molecular formula is C25H17F2NO7. The van der Waals surface area contributed by atoms with Crippen LogP contribution in [-0.2, 0) is 16.1 Å². The summed E-state index contributed by atoms with van der Waals surface area (Å²) in [6.07, 6.45) is -3.77. The summed E-state index contributed by atoms with van der Waals surface area (Å²) in [5.74, 6) is -1.40. The fourth-order valence-electron chi connectivity index (χ4n) is 3.50. The predicted molar refractivity (Wildman–Crippen MR) is 119 cm³/mol. The zero-order valence-electron chi connectivity index (χ0n) is 18.0. The molecule has 1 N–H and O–H groups in total. The van der Waals surface area contributed by atoms with Crippen molar-refractivity contribution in [1.82, 2.24) is 0 Å². The maximum Gasteiger partial charge on any atom is 0.586 e. The third-order valence-electron chi connectivity index (χ3n) is 5.03. The molecule has 0 saturated carbocycles. The van der Waals surface area contributed by atoms with Gasteiger partial charge < -0.3 is 28.7 Å². The Kier molecular flexibility index (Phi) is 5.69. The van der Waals surface area contributed by atoms with Crippen molar-refractivity contribution >= 4 is 28.5 Å². The summed E-state index contributed by atoms with van der Waals surface area (Å²) in [4.78, 5) is 25.0. The Balaban J connectivity index is 1.25. The molecule has 0 saturated heterocycles. The molecule has 10 heteroatoms. The maximum atomic E-state index is 13.2. The minimum atomic E-state index is -3.77. The summed E-state index contributed by atoms with van der Waals surface area (Å²) in [6, 6.07) is 19.9. The Morgan fingerprint density at radius 1 is 0.914 bits per heavy atom. The summed E-state index contributed by atoms with van der Waals surface area (Å²) in [7, 11) is 0. The van der Waals surface area contributed by atoms with Crippen LogP contribution in [0.4, 0.5) is 14.5 Å². The highest BCUT2D eigenvalue weighted by atomic mass is 19.3. The van der Waals surface area contributed by atoms with Gasteiger partial charge in [0.05, 0.1) is 5.56 Å². The highest BCUT2D eigenvalue weighted by Crippen LogP contribution is 2.42. The number of ether oxygens (including phenoxy) is 4. The van der Waals surface area contributed by atoms with Crippen LogP contribution in [-0.4, -0.2) is 24.8 Å². The summed E-state index contributed by atoms with van der Waals surface area (Å²) < 4.78 is 51.6. The second-order valence-electron chi connectivity index (χ2n) is 7.46. The molecule has 0 atom stereocenters. The van der Waals surface area contributed by atoms with Gasteiger partial charge in [-0.1, -0.05) is 36.4 Å². The van der Waals surface area contributed by atoms with Crippen molar-refractivity contribution in [3.8, 4) is 17.2 Å². The lowest BCUT2D eigenvalue weighted by molar-refractivity contribution is -0.286. The van der Waals surface area contributed by atoms with Crippen LogP contribution in [0.15, 0.2) is 77.2 Å². The molecule has 8 nitrogen and oxygen atoms in total. The van der Waals surface area contributed by atoms with E-state index in [0.29, 0.717) is 22.3 Å². The number of esters is 1. The van der Waals surface area contributed by atoms with Gasteiger partial charge in [0.25, 0.3) is 5.91 Å². The Morgan fingerprint density at radius 3 is 2.49 bits per heavy atom. The SMILES string of the molecule is O=C(COC(=O)c1oc2ccccc2c1COc1ccccc1)Nc1ccc2c(c1)OC(F)(F)O2. The monoisotopic (exact) mass is 481 g/mol. The molecule has 0 aliphatic carbocycles. The molecule has 35 heavy (non-hydrogen) atoms. The highest BCUT2D eigenvalue weighted by molar-refractivity contribution is 5.98. The lowest BCUT2D eigenvalue weighted by atomic mass is 10.1. The smallest absolute Gasteiger partial charge is 0.489 e. The van der Waals surface area contributed by atoms with Gasteiger partial charge in [0.2, 0.25) is 5.76 Å². The van der Waals surface area contributed by atoms with E-state index in [1.54, 1.807) is 36.4 Å². The Bertz CT molecular complexity index is 1400. The standard InChI is InChI=1S/C25H17F2NO7/c26-25(27)34-20-11-10-15(12-21(20)35-25)28-22(29)14-32-24(30)23-18(13-31-16-6-2-1-3-7-16)17-8-4-5-9-19(17)33-23/h1-12H,13-14H2,(H,28,29). The van der Waals surface area contributed by atoms with E-state index < -0.39 is 24.8 Å². The molecule has 0 bridgehead atoms. The average molecular weight is 481 g/mol. The molecule has 178 valence electrons. The number of anilines is 1. The van der Waals surface area contributed by atoms with Crippen molar-refractivity contribution in [1.29, 1.82) is 0 Å². The molecule has 1 aliphatic rings. The number of amides is 1. The molecule has 0 radical (unpaired) electrons. The first kappa shape index (κ1) is 22.2. The zero-order chi connectivity index (χ0) is 24.4. The first-order chi connectivity index (χ1) is 16.9. The van der Waals surface area contributed by atoms with E-state index in [2.05, 4.69) is 14.8 Å². The van der Waals surface area contributed by atoms with Crippen molar-refractivity contribution < 1.29 is 41.7 Å². The molecule has 3 aromatic carbocycles. The van der Waals surface area contributed by atoms with Crippen molar-refractivity contribution in [3.05, 3.63) is 84.1 Å². The number of benzene rings is 3. The lowest BCUT2D eigenvalue weighted by Gasteiger charge is -2.08. The van der Waals surface area contributed by atoms with Crippen LogP contribution in [0.25, 0.3) is 11.0 Å². The average Bonchev–Trinajstić information content (AvgIpc) is 3.37. The van der Waals surface area contributed by atoms with Crippen molar-refractivity contribution in [3.63, 3.8) is 0 Å². The molecule has 1 aromatic heterocycles. The largest absolute Gasteiger partial charge is 0.586 e. The first-order valence-electron chi connectivity index (χ1n) is 10.4. The number of carbonyl (C=O) groups excluding carboxylic acids is 2. The molecule has 1 amide bonds. The first-order valence-corrected chi connectivity index (χ1v) is 10.4.